The van der Waals surface area contributed by atoms with Crippen molar-refractivity contribution in [1.82, 2.24) is 25.5 Å². The van der Waals surface area contributed by atoms with Crippen LogP contribution in [-0.2, 0) is 13.5 Å². The van der Waals surface area contributed by atoms with Crippen LogP contribution in [0.4, 0.5) is 0 Å². The van der Waals surface area contributed by atoms with Gasteiger partial charge in [0.1, 0.15) is 0 Å². The van der Waals surface area contributed by atoms with Gasteiger partial charge in [-0.05, 0) is 55.7 Å². The maximum Gasteiger partial charge on any atom is 0.176 e. The van der Waals surface area contributed by atoms with Crippen LogP contribution in [0.15, 0.2) is 0 Å². The van der Waals surface area contributed by atoms with Crippen LogP contribution in [0.3, 0.4) is 0 Å². The lowest BCUT2D eigenvalue weighted by Gasteiger charge is -2.35. The number of rotatable bonds is 5. The van der Waals surface area contributed by atoms with Gasteiger partial charge >= 0.3 is 0 Å². The molecule has 1 atom stereocenters. The molecule has 0 spiro atoms. The van der Waals surface area contributed by atoms with Gasteiger partial charge in [0.25, 0.3) is 0 Å². The van der Waals surface area contributed by atoms with Gasteiger partial charge in [-0.15, -0.1) is 10.2 Å². The predicted octanol–water partition coefficient (Wildman–Crippen LogP) is 1.80. The molecule has 19 heavy (non-hydrogen) atoms. The number of tetrazole rings is 1. The van der Waals surface area contributed by atoms with Gasteiger partial charge in [-0.3, -0.25) is 0 Å². The number of hydrogen-bond donors (Lipinski definition) is 1. The summed E-state index contributed by atoms with van der Waals surface area (Å²) in [5.74, 6) is 3.36. The summed E-state index contributed by atoms with van der Waals surface area (Å²) in [6.07, 6.45) is 6.29. The molecule has 108 valence electrons. The van der Waals surface area contributed by atoms with E-state index in [4.69, 9.17) is 0 Å². The molecule has 1 aromatic heterocycles. The molecule has 1 fully saturated rings. The summed E-state index contributed by atoms with van der Waals surface area (Å²) in [4.78, 5) is 1.54. The van der Waals surface area contributed by atoms with Gasteiger partial charge in [-0.1, -0.05) is 13.8 Å². The largest absolute Gasteiger partial charge is 0.316 e. The fourth-order valence-electron chi connectivity index (χ4n) is 3.32. The van der Waals surface area contributed by atoms with E-state index in [1.54, 1.807) is 0 Å². The topological polar surface area (TPSA) is 55.6 Å². The Hall–Kier alpha value is -0.970. The second-order valence-electron chi connectivity index (χ2n) is 6.21. The molecule has 5 heteroatoms. The zero-order valence-corrected chi connectivity index (χ0v) is 12.6. The highest BCUT2D eigenvalue weighted by Gasteiger charge is 2.28. The molecule has 1 aliphatic rings. The normalized spacial score (nSPS) is 25.7. The Morgan fingerprint density at radius 3 is 2.32 bits per heavy atom. The van der Waals surface area contributed by atoms with Crippen molar-refractivity contribution in [3.8, 4) is 0 Å². The Balaban J connectivity index is 1.88. The van der Waals surface area contributed by atoms with Gasteiger partial charge in [0.05, 0.1) is 7.05 Å². The molecule has 1 aromatic rings. The highest BCUT2D eigenvalue weighted by molar-refractivity contribution is 4.90. The lowest BCUT2D eigenvalue weighted by molar-refractivity contribution is 0.190. The molecule has 0 aliphatic heterocycles. The Kier molecular flexibility index (Phi) is 4.91. The smallest absolute Gasteiger partial charge is 0.176 e. The van der Waals surface area contributed by atoms with E-state index in [0.717, 1.165) is 30.0 Å². The summed E-state index contributed by atoms with van der Waals surface area (Å²) in [6.45, 7) is 4.70. The maximum absolute atomic E-state index is 4.29. The van der Waals surface area contributed by atoms with Crippen LogP contribution in [0, 0.1) is 17.8 Å². The second kappa shape index (κ2) is 6.46. The highest BCUT2D eigenvalue weighted by Crippen LogP contribution is 2.35. The van der Waals surface area contributed by atoms with E-state index in [-0.39, 0.29) is 0 Å². The minimum atomic E-state index is 0.484. The van der Waals surface area contributed by atoms with Gasteiger partial charge < -0.3 is 5.32 Å². The molecule has 0 bridgehead atoms. The quantitative estimate of drug-likeness (QED) is 0.882. The zero-order chi connectivity index (χ0) is 13.8. The molecule has 1 unspecified atom stereocenters. The lowest BCUT2D eigenvalue weighted by atomic mass is 9.74. The summed E-state index contributed by atoms with van der Waals surface area (Å²) in [5.41, 5.74) is 0. The Labute approximate surface area is 116 Å². The third kappa shape index (κ3) is 3.75. The molecule has 1 saturated carbocycles. The maximum atomic E-state index is 4.29. The van der Waals surface area contributed by atoms with Crippen molar-refractivity contribution < 1.29 is 0 Å². The van der Waals surface area contributed by atoms with E-state index < -0.39 is 0 Å². The summed E-state index contributed by atoms with van der Waals surface area (Å²) in [6, 6.07) is 0.484. The number of nitrogens with one attached hydrogen (secondary N) is 1. The Bertz CT molecular complexity index is 379. The minimum Gasteiger partial charge on any atom is -0.316 e. The van der Waals surface area contributed by atoms with Crippen LogP contribution >= 0.6 is 0 Å². The fraction of sp³-hybridized carbons (Fsp3) is 0.929. The van der Waals surface area contributed by atoms with Crippen LogP contribution in [-0.4, -0.2) is 33.3 Å². The fourth-order valence-corrected chi connectivity index (χ4v) is 3.32. The van der Waals surface area contributed by atoms with Gasteiger partial charge in [-0.25, -0.2) is 0 Å². The van der Waals surface area contributed by atoms with Crippen molar-refractivity contribution in [2.75, 3.05) is 7.05 Å². The van der Waals surface area contributed by atoms with E-state index in [1.807, 2.05) is 7.05 Å². The van der Waals surface area contributed by atoms with Crippen molar-refractivity contribution in [3.05, 3.63) is 5.82 Å². The molecule has 0 aromatic carbocycles. The van der Waals surface area contributed by atoms with E-state index in [2.05, 4.69) is 41.6 Å². The van der Waals surface area contributed by atoms with E-state index >= 15 is 0 Å². The third-order valence-corrected chi connectivity index (χ3v) is 4.65. The molecule has 5 nitrogen and oxygen atoms in total. The molecule has 1 heterocycles. The van der Waals surface area contributed by atoms with E-state index in [0.29, 0.717) is 6.04 Å². The number of hydrogen-bond acceptors (Lipinski definition) is 4. The lowest BCUT2D eigenvalue weighted by Crippen LogP contribution is -2.38. The zero-order valence-electron chi connectivity index (χ0n) is 12.6. The van der Waals surface area contributed by atoms with Crippen molar-refractivity contribution in [1.29, 1.82) is 0 Å². The monoisotopic (exact) mass is 265 g/mol. The molecule has 0 radical (unpaired) electrons. The summed E-state index contributed by atoms with van der Waals surface area (Å²) < 4.78 is 0. The minimum absolute atomic E-state index is 0.484. The number of nitrogens with zero attached hydrogens (tertiary/aromatic N) is 4. The van der Waals surface area contributed by atoms with Crippen LogP contribution in [0.1, 0.15) is 45.4 Å². The average molecular weight is 265 g/mol. The SMILES string of the molecule is CNC(Cc1nnn(C)n1)C1CCC(C(C)C)CC1. The molecule has 0 saturated heterocycles. The van der Waals surface area contributed by atoms with Crippen LogP contribution < -0.4 is 5.32 Å². The van der Waals surface area contributed by atoms with Crippen LogP contribution in [0.25, 0.3) is 0 Å². The first-order valence-corrected chi connectivity index (χ1v) is 7.50. The van der Waals surface area contributed by atoms with Gasteiger partial charge in [0, 0.05) is 12.5 Å². The molecule has 1 aliphatic carbocycles. The van der Waals surface area contributed by atoms with Crippen molar-refractivity contribution in [2.24, 2.45) is 24.8 Å². The molecular weight excluding hydrogens is 238 g/mol. The number of likely N-dealkylation sites (N-methyl/N-ethyl adjacent to an activating group) is 1. The van der Waals surface area contributed by atoms with Crippen molar-refractivity contribution >= 4 is 0 Å². The van der Waals surface area contributed by atoms with Gasteiger partial charge in [-0.2, -0.15) is 4.80 Å². The Morgan fingerprint density at radius 1 is 1.21 bits per heavy atom. The predicted molar refractivity (Wildman–Crippen MR) is 75.6 cm³/mol. The summed E-state index contributed by atoms with van der Waals surface area (Å²) in [7, 11) is 3.87. The summed E-state index contributed by atoms with van der Waals surface area (Å²) >= 11 is 0. The van der Waals surface area contributed by atoms with Crippen LogP contribution in [0.5, 0.6) is 0 Å². The van der Waals surface area contributed by atoms with Gasteiger partial charge in [0.15, 0.2) is 5.82 Å². The van der Waals surface area contributed by atoms with E-state index in [1.165, 1.54) is 30.5 Å². The van der Waals surface area contributed by atoms with Crippen LogP contribution in [0.2, 0.25) is 0 Å². The number of aryl methyl sites for hydroxylation is 1. The van der Waals surface area contributed by atoms with Gasteiger partial charge in [0.2, 0.25) is 0 Å². The molecule has 1 N–H and O–H groups in total. The van der Waals surface area contributed by atoms with E-state index in [9.17, 15) is 0 Å². The molecule has 0 amide bonds. The third-order valence-electron chi connectivity index (χ3n) is 4.65. The summed E-state index contributed by atoms with van der Waals surface area (Å²) in [5, 5.41) is 15.8. The first-order chi connectivity index (χ1) is 9.10. The first kappa shape index (κ1) is 14.4. The van der Waals surface area contributed by atoms with Crippen molar-refractivity contribution in [3.63, 3.8) is 0 Å². The Morgan fingerprint density at radius 2 is 1.84 bits per heavy atom. The average Bonchev–Trinajstić information content (AvgIpc) is 2.81. The molecular formula is C14H27N5. The second-order valence-corrected chi connectivity index (χ2v) is 6.21. The first-order valence-electron chi connectivity index (χ1n) is 7.50. The standard InChI is InChI=1S/C14H27N5/c1-10(2)11-5-7-12(8-6-11)13(15-3)9-14-16-18-19(4)17-14/h10-13,15H,5-9H2,1-4H3. The molecule has 2 rings (SSSR count). The highest BCUT2D eigenvalue weighted by atomic mass is 15.6. The number of aromatic nitrogens is 4. The van der Waals surface area contributed by atoms with Crippen molar-refractivity contribution in [2.45, 2.75) is 52.0 Å².